The molecule has 0 aliphatic rings. The van der Waals surface area contributed by atoms with Crippen molar-refractivity contribution in [2.45, 2.75) is 12.8 Å². The van der Waals surface area contributed by atoms with Crippen molar-refractivity contribution in [3.05, 3.63) is 0 Å². The van der Waals surface area contributed by atoms with E-state index in [2.05, 4.69) is 0 Å². The van der Waals surface area contributed by atoms with E-state index in [1.165, 1.54) is 0 Å². The van der Waals surface area contributed by atoms with Crippen molar-refractivity contribution in [2.75, 3.05) is 36.1 Å². The van der Waals surface area contributed by atoms with Gasteiger partial charge in [0.25, 0.3) is 0 Å². The molecule has 0 saturated heterocycles. The summed E-state index contributed by atoms with van der Waals surface area (Å²) in [4.78, 5) is 20.5. The van der Waals surface area contributed by atoms with Gasteiger partial charge in [-0.3, -0.25) is 9.59 Å². The molecule has 0 heterocycles. The Bertz CT molecular complexity index is 530. The first-order chi connectivity index (χ1) is 9.93. The third-order valence-electron chi connectivity index (χ3n) is 2.57. The summed E-state index contributed by atoms with van der Waals surface area (Å²) in [6.07, 6.45) is -1.09. The van der Waals surface area contributed by atoms with E-state index >= 15 is 0 Å². The molecule has 0 aromatic carbocycles. The molecule has 3 N–H and O–H groups in total. The lowest BCUT2D eigenvalue weighted by atomic mass is 10.5. The van der Waals surface area contributed by atoms with E-state index in [1.54, 1.807) is 0 Å². The lowest BCUT2D eigenvalue weighted by Gasteiger charge is -2.14. The largest absolute Gasteiger partial charge is 0.481 e. The third-order valence-corrected chi connectivity index (χ3v) is 5.84. The van der Waals surface area contributed by atoms with E-state index in [9.17, 15) is 31.6 Å². The maximum absolute atomic E-state index is 11.4. The summed E-state index contributed by atoms with van der Waals surface area (Å²) in [5.74, 6) is -4.65. The quantitative estimate of drug-likeness (QED) is 0.346. The molecule has 0 amide bonds. The van der Waals surface area contributed by atoms with Crippen LogP contribution in [0.25, 0.3) is 0 Å². The zero-order valence-corrected chi connectivity index (χ0v) is 13.3. The Morgan fingerprint density at radius 1 is 0.727 bits per heavy atom. The van der Waals surface area contributed by atoms with Crippen molar-refractivity contribution < 1.29 is 41.8 Å². The molecular formula is C10H19NO9S2. The SMILES string of the molecule is O=C(O)CCS(=O)(=O)CCN(O)CCS(=O)(=O)CCC(=O)O. The van der Waals surface area contributed by atoms with E-state index in [0.29, 0.717) is 5.06 Å². The minimum atomic E-state index is -3.66. The highest BCUT2D eigenvalue weighted by molar-refractivity contribution is 7.91. The Hall–Kier alpha value is -1.24. The first kappa shape index (κ1) is 20.8. The van der Waals surface area contributed by atoms with Crippen LogP contribution in [-0.2, 0) is 29.3 Å². The van der Waals surface area contributed by atoms with Gasteiger partial charge in [-0.1, -0.05) is 0 Å². The topological polar surface area (TPSA) is 166 Å². The third kappa shape index (κ3) is 11.4. The molecule has 130 valence electrons. The second-order valence-electron chi connectivity index (χ2n) is 4.54. The van der Waals surface area contributed by atoms with E-state index in [-0.39, 0.29) is 13.1 Å². The molecule has 12 heteroatoms. The van der Waals surface area contributed by atoms with Gasteiger partial charge in [-0.25, -0.2) is 16.8 Å². The summed E-state index contributed by atoms with van der Waals surface area (Å²) in [5.41, 5.74) is 0. The average Bonchev–Trinajstić information content (AvgIpc) is 2.39. The van der Waals surface area contributed by atoms with Gasteiger partial charge in [-0.05, 0) is 0 Å². The summed E-state index contributed by atoms with van der Waals surface area (Å²) in [6, 6.07) is 0. The molecule has 0 spiro atoms. The van der Waals surface area contributed by atoms with Crippen LogP contribution >= 0.6 is 0 Å². The number of rotatable bonds is 12. The smallest absolute Gasteiger partial charge is 0.304 e. The zero-order chi connectivity index (χ0) is 17.4. The predicted octanol–water partition coefficient (Wildman–Crippen LogP) is -1.54. The maximum atomic E-state index is 11.4. The second-order valence-corrected chi connectivity index (χ2v) is 9.15. The minimum absolute atomic E-state index is 0.365. The van der Waals surface area contributed by atoms with Gasteiger partial charge in [0, 0.05) is 13.1 Å². The second kappa shape index (κ2) is 9.02. The van der Waals surface area contributed by atoms with Crippen LogP contribution in [0.3, 0.4) is 0 Å². The van der Waals surface area contributed by atoms with Crippen LogP contribution in [-0.4, -0.2) is 85.4 Å². The molecule has 0 aliphatic carbocycles. The van der Waals surface area contributed by atoms with Gasteiger partial charge < -0.3 is 15.4 Å². The highest BCUT2D eigenvalue weighted by Crippen LogP contribution is 1.99. The van der Waals surface area contributed by atoms with E-state index in [4.69, 9.17) is 10.2 Å². The number of nitrogens with zero attached hydrogens (tertiary/aromatic N) is 1. The Morgan fingerprint density at radius 3 is 1.32 bits per heavy atom. The fourth-order valence-electron chi connectivity index (χ4n) is 1.29. The van der Waals surface area contributed by atoms with Crippen molar-refractivity contribution in [1.29, 1.82) is 0 Å². The summed E-state index contributed by atoms with van der Waals surface area (Å²) >= 11 is 0. The summed E-state index contributed by atoms with van der Waals surface area (Å²) in [6.45, 7) is -0.729. The van der Waals surface area contributed by atoms with Gasteiger partial charge in [0.15, 0.2) is 19.7 Å². The predicted molar refractivity (Wildman–Crippen MR) is 75.2 cm³/mol. The molecule has 0 aromatic rings. The normalized spacial score (nSPS) is 12.5. The maximum Gasteiger partial charge on any atom is 0.304 e. The van der Waals surface area contributed by atoms with Crippen LogP contribution in [0.5, 0.6) is 0 Å². The summed E-state index contributed by atoms with van der Waals surface area (Å²) < 4.78 is 45.7. The highest BCUT2D eigenvalue weighted by atomic mass is 32.2. The fourth-order valence-corrected chi connectivity index (χ4v) is 3.65. The number of hydrogen-bond donors (Lipinski definition) is 3. The molecule has 0 atom stereocenters. The molecule has 0 aromatic heterocycles. The van der Waals surface area contributed by atoms with Gasteiger partial charge in [-0.15, -0.1) is 0 Å². The lowest BCUT2D eigenvalue weighted by molar-refractivity contribution is -0.137. The first-order valence-electron chi connectivity index (χ1n) is 6.22. The van der Waals surface area contributed by atoms with Gasteiger partial charge in [0.2, 0.25) is 0 Å². The summed E-state index contributed by atoms with van der Waals surface area (Å²) in [5, 5.41) is 26.7. The van der Waals surface area contributed by atoms with Gasteiger partial charge in [-0.2, -0.15) is 5.06 Å². The first-order valence-corrected chi connectivity index (χ1v) is 9.86. The molecule has 0 radical (unpaired) electrons. The van der Waals surface area contributed by atoms with Crippen LogP contribution in [0.2, 0.25) is 0 Å². The Balaban J connectivity index is 4.16. The number of aliphatic carboxylic acids is 2. The molecule has 0 bridgehead atoms. The van der Waals surface area contributed by atoms with Crippen LogP contribution in [0.15, 0.2) is 0 Å². The van der Waals surface area contributed by atoms with Crippen LogP contribution in [0.4, 0.5) is 0 Å². The Kier molecular flexibility index (Phi) is 8.52. The Morgan fingerprint density at radius 2 is 1.05 bits per heavy atom. The summed E-state index contributed by atoms with van der Waals surface area (Å²) in [7, 11) is -7.31. The monoisotopic (exact) mass is 361 g/mol. The van der Waals surface area contributed by atoms with Gasteiger partial charge >= 0.3 is 11.9 Å². The standard InChI is InChI=1S/C10H19NO9S2/c12-9(13)1-5-21(17,18)7-3-11(16)4-8-22(19,20)6-2-10(14)15/h16H,1-8H2,(H,12,13)(H,14,15). The van der Waals surface area contributed by atoms with Crippen molar-refractivity contribution in [2.24, 2.45) is 0 Å². The molecular weight excluding hydrogens is 342 g/mol. The van der Waals surface area contributed by atoms with Gasteiger partial charge in [0.05, 0.1) is 35.9 Å². The van der Waals surface area contributed by atoms with Crippen molar-refractivity contribution in [3.8, 4) is 0 Å². The highest BCUT2D eigenvalue weighted by Gasteiger charge is 2.18. The van der Waals surface area contributed by atoms with Crippen molar-refractivity contribution >= 4 is 31.6 Å². The number of sulfone groups is 2. The zero-order valence-electron chi connectivity index (χ0n) is 11.7. The molecule has 0 aliphatic heterocycles. The molecule has 10 nitrogen and oxygen atoms in total. The van der Waals surface area contributed by atoms with E-state index < -0.39 is 67.5 Å². The molecule has 0 fully saturated rings. The Labute approximate surface area is 128 Å². The van der Waals surface area contributed by atoms with Crippen LogP contribution in [0, 0.1) is 0 Å². The number of hydrogen-bond acceptors (Lipinski definition) is 8. The minimum Gasteiger partial charge on any atom is -0.481 e. The van der Waals surface area contributed by atoms with Crippen molar-refractivity contribution in [3.63, 3.8) is 0 Å². The molecule has 0 saturated carbocycles. The number of hydroxylamine groups is 2. The van der Waals surface area contributed by atoms with E-state index in [1.807, 2.05) is 0 Å². The average molecular weight is 361 g/mol. The molecule has 0 unspecified atom stereocenters. The van der Waals surface area contributed by atoms with Crippen molar-refractivity contribution in [1.82, 2.24) is 5.06 Å². The number of carboxylic acid groups (broad SMARTS) is 2. The van der Waals surface area contributed by atoms with Crippen LogP contribution < -0.4 is 0 Å². The van der Waals surface area contributed by atoms with Crippen LogP contribution in [0.1, 0.15) is 12.8 Å². The molecule has 22 heavy (non-hydrogen) atoms. The number of carboxylic acids is 2. The number of carbonyl (C=O) groups is 2. The fraction of sp³-hybridized carbons (Fsp3) is 0.800. The molecule has 0 rings (SSSR count). The lowest BCUT2D eigenvalue weighted by Crippen LogP contribution is -2.32. The van der Waals surface area contributed by atoms with Gasteiger partial charge in [0.1, 0.15) is 0 Å². The van der Waals surface area contributed by atoms with E-state index in [0.717, 1.165) is 0 Å².